The van der Waals surface area contributed by atoms with Gasteiger partial charge in [-0.15, -0.1) is 0 Å². The molecule has 5 nitrogen and oxygen atoms in total. The molecule has 0 atom stereocenters. The van der Waals surface area contributed by atoms with E-state index >= 15 is 0 Å². The third-order valence-electron chi connectivity index (χ3n) is 3.73. The van der Waals surface area contributed by atoms with E-state index in [1.807, 2.05) is 0 Å². The van der Waals surface area contributed by atoms with E-state index in [0.29, 0.717) is 6.54 Å². The zero-order chi connectivity index (χ0) is 17.4. The minimum Gasteiger partial charge on any atom is -0.484 e. The molecule has 1 amide bonds. The third-order valence-corrected chi connectivity index (χ3v) is 3.73. The predicted molar refractivity (Wildman–Crippen MR) is 83.9 cm³/mol. The largest absolute Gasteiger partial charge is 0.484 e. The number of hydrogen-bond donors (Lipinski definition) is 2. The molecule has 24 heavy (non-hydrogen) atoms. The van der Waals surface area contributed by atoms with Crippen molar-refractivity contribution >= 4 is 5.91 Å². The number of carbonyl (C=O) groups is 1. The molecule has 8 heteroatoms. The van der Waals surface area contributed by atoms with Gasteiger partial charge in [0.1, 0.15) is 5.75 Å². The second kappa shape index (κ2) is 8.89. The van der Waals surface area contributed by atoms with E-state index in [2.05, 4.69) is 15.5 Å². The quantitative estimate of drug-likeness (QED) is 0.736. The topological polar surface area (TPSA) is 53.6 Å². The molecule has 2 N–H and O–H groups in total. The van der Waals surface area contributed by atoms with E-state index < -0.39 is 11.7 Å². The molecular weight excluding hydrogens is 323 g/mol. The monoisotopic (exact) mass is 345 g/mol. The first kappa shape index (κ1) is 18.5. The lowest BCUT2D eigenvalue weighted by atomic mass is 10.2. The van der Waals surface area contributed by atoms with Gasteiger partial charge in [-0.3, -0.25) is 4.79 Å². The van der Waals surface area contributed by atoms with E-state index in [0.717, 1.165) is 51.3 Å². The van der Waals surface area contributed by atoms with Crippen molar-refractivity contribution < 1.29 is 22.7 Å². The van der Waals surface area contributed by atoms with Crippen molar-refractivity contribution in [2.45, 2.75) is 12.6 Å². The Labute approximate surface area is 139 Å². The number of nitrogens with zero attached hydrogens (tertiary/aromatic N) is 1. The molecule has 2 rings (SSSR count). The summed E-state index contributed by atoms with van der Waals surface area (Å²) in [5.41, 5.74) is -0.743. The van der Waals surface area contributed by atoms with Crippen molar-refractivity contribution in [3.8, 4) is 5.75 Å². The number of rotatable bonds is 7. The number of alkyl halides is 3. The SMILES string of the molecule is O=C(COc1ccc(C(F)(F)F)cc1)NCCCN1CCNCC1. The number of benzene rings is 1. The average Bonchev–Trinajstić information content (AvgIpc) is 2.57. The maximum Gasteiger partial charge on any atom is 0.416 e. The highest BCUT2D eigenvalue weighted by Gasteiger charge is 2.30. The fourth-order valence-corrected chi connectivity index (χ4v) is 2.41. The molecule has 0 aliphatic carbocycles. The Bertz CT molecular complexity index is 514. The Morgan fingerprint density at radius 2 is 1.88 bits per heavy atom. The van der Waals surface area contributed by atoms with Gasteiger partial charge < -0.3 is 20.3 Å². The number of amides is 1. The zero-order valence-electron chi connectivity index (χ0n) is 13.4. The first-order valence-corrected chi connectivity index (χ1v) is 7.95. The van der Waals surface area contributed by atoms with E-state index in [4.69, 9.17) is 4.74 Å². The summed E-state index contributed by atoms with van der Waals surface area (Å²) >= 11 is 0. The van der Waals surface area contributed by atoms with Gasteiger partial charge in [0, 0.05) is 32.7 Å². The van der Waals surface area contributed by atoms with Crippen molar-refractivity contribution in [3.63, 3.8) is 0 Å². The van der Waals surface area contributed by atoms with Gasteiger partial charge in [0.2, 0.25) is 0 Å². The fourth-order valence-electron chi connectivity index (χ4n) is 2.41. The molecule has 1 heterocycles. The Morgan fingerprint density at radius 3 is 2.50 bits per heavy atom. The lowest BCUT2D eigenvalue weighted by Crippen LogP contribution is -2.44. The molecule has 1 aromatic carbocycles. The first-order valence-electron chi connectivity index (χ1n) is 7.95. The lowest BCUT2D eigenvalue weighted by Gasteiger charge is -2.27. The summed E-state index contributed by atoms with van der Waals surface area (Å²) in [6.45, 7) is 5.30. The van der Waals surface area contributed by atoms with Crippen LogP contribution in [0.2, 0.25) is 0 Å². The number of halogens is 3. The van der Waals surface area contributed by atoms with E-state index in [1.165, 1.54) is 12.1 Å². The van der Waals surface area contributed by atoms with E-state index in [-0.39, 0.29) is 18.3 Å². The fraction of sp³-hybridized carbons (Fsp3) is 0.562. The van der Waals surface area contributed by atoms with E-state index in [1.54, 1.807) is 0 Å². The first-order chi connectivity index (χ1) is 11.4. The highest BCUT2D eigenvalue weighted by molar-refractivity contribution is 5.77. The molecule has 1 aliphatic heterocycles. The normalized spacial score (nSPS) is 16.0. The van der Waals surface area contributed by atoms with Crippen LogP contribution in [-0.2, 0) is 11.0 Å². The Hall–Kier alpha value is -1.80. The van der Waals surface area contributed by atoms with E-state index in [9.17, 15) is 18.0 Å². The van der Waals surface area contributed by atoms with Gasteiger partial charge in [0.05, 0.1) is 5.56 Å². The molecule has 0 spiro atoms. The van der Waals surface area contributed by atoms with Gasteiger partial charge in [0.25, 0.3) is 5.91 Å². The van der Waals surface area contributed by atoms with Crippen LogP contribution in [0.3, 0.4) is 0 Å². The van der Waals surface area contributed by atoms with Gasteiger partial charge >= 0.3 is 6.18 Å². The molecular formula is C16H22F3N3O2. The van der Waals surface area contributed by atoms with Crippen LogP contribution in [0.15, 0.2) is 24.3 Å². The van der Waals surface area contributed by atoms with Crippen molar-refractivity contribution in [3.05, 3.63) is 29.8 Å². The number of piperazine rings is 1. The maximum atomic E-state index is 12.4. The molecule has 0 bridgehead atoms. The molecule has 0 radical (unpaired) electrons. The predicted octanol–water partition coefficient (Wildman–Crippen LogP) is 1.50. The number of hydrogen-bond acceptors (Lipinski definition) is 4. The lowest BCUT2D eigenvalue weighted by molar-refractivity contribution is -0.137. The molecule has 1 aromatic rings. The summed E-state index contributed by atoms with van der Waals surface area (Å²) in [4.78, 5) is 14.0. The minimum atomic E-state index is -4.37. The number of nitrogens with one attached hydrogen (secondary N) is 2. The second-order valence-electron chi connectivity index (χ2n) is 5.61. The third kappa shape index (κ3) is 6.37. The van der Waals surface area contributed by atoms with Gasteiger partial charge in [0.15, 0.2) is 6.61 Å². The molecule has 0 aromatic heterocycles. The molecule has 0 saturated carbocycles. The molecule has 1 saturated heterocycles. The van der Waals surface area contributed by atoms with Crippen molar-refractivity contribution in [1.29, 1.82) is 0 Å². The molecule has 0 unspecified atom stereocenters. The zero-order valence-corrected chi connectivity index (χ0v) is 13.4. The van der Waals surface area contributed by atoms with Crippen LogP contribution in [-0.4, -0.2) is 56.7 Å². The Balaban J connectivity index is 1.60. The molecule has 134 valence electrons. The van der Waals surface area contributed by atoms with Gasteiger partial charge in [-0.1, -0.05) is 0 Å². The van der Waals surface area contributed by atoms with Crippen LogP contribution in [0.4, 0.5) is 13.2 Å². The molecule has 1 fully saturated rings. The van der Waals surface area contributed by atoms with Crippen molar-refractivity contribution in [2.75, 3.05) is 45.9 Å². The smallest absolute Gasteiger partial charge is 0.416 e. The summed E-state index contributed by atoms with van der Waals surface area (Å²) in [6, 6.07) is 4.28. The van der Waals surface area contributed by atoms with Crippen LogP contribution < -0.4 is 15.4 Å². The molecule has 1 aliphatic rings. The second-order valence-corrected chi connectivity index (χ2v) is 5.61. The van der Waals surface area contributed by atoms with Crippen LogP contribution in [0.5, 0.6) is 5.75 Å². The number of carbonyl (C=O) groups excluding carboxylic acids is 1. The number of ether oxygens (including phenoxy) is 1. The summed E-state index contributed by atoms with van der Waals surface area (Å²) in [7, 11) is 0. The van der Waals surface area contributed by atoms with Crippen LogP contribution in [0.25, 0.3) is 0 Å². The van der Waals surface area contributed by atoms with Crippen LogP contribution in [0, 0.1) is 0 Å². The van der Waals surface area contributed by atoms with Crippen molar-refractivity contribution in [1.82, 2.24) is 15.5 Å². The summed E-state index contributed by atoms with van der Waals surface area (Å²) in [6.07, 6.45) is -3.52. The summed E-state index contributed by atoms with van der Waals surface area (Å²) in [5.74, 6) is -0.0471. The summed E-state index contributed by atoms with van der Waals surface area (Å²) in [5, 5.41) is 6.02. The highest BCUT2D eigenvalue weighted by Crippen LogP contribution is 2.30. The van der Waals surface area contributed by atoms with Gasteiger partial charge in [-0.25, -0.2) is 0 Å². The van der Waals surface area contributed by atoms with Gasteiger partial charge in [-0.2, -0.15) is 13.2 Å². The van der Waals surface area contributed by atoms with Crippen molar-refractivity contribution in [2.24, 2.45) is 0 Å². The Kier molecular flexibility index (Phi) is 6.86. The highest BCUT2D eigenvalue weighted by atomic mass is 19.4. The van der Waals surface area contributed by atoms with Gasteiger partial charge in [-0.05, 0) is 37.2 Å². The minimum absolute atomic E-state index is 0.209. The maximum absolute atomic E-state index is 12.4. The average molecular weight is 345 g/mol. The van der Waals surface area contributed by atoms with Crippen LogP contribution >= 0.6 is 0 Å². The summed E-state index contributed by atoms with van der Waals surface area (Å²) < 4.78 is 42.5. The standard InChI is InChI=1S/C16H22F3N3O2/c17-16(18,19)13-2-4-14(5-3-13)24-12-15(23)21-6-1-9-22-10-7-20-8-11-22/h2-5,20H,1,6-12H2,(H,21,23). The Morgan fingerprint density at radius 1 is 1.21 bits per heavy atom. The van der Waals surface area contributed by atoms with Crippen LogP contribution in [0.1, 0.15) is 12.0 Å².